The van der Waals surface area contributed by atoms with Crippen molar-refractivity contribution in [2.45, 2.75) is 31.4 Å². The quantitative estimate of drug-likeness (QED) is 0.930. The number of halogens is 3. The van der Waals surface area contributed by atoms with E-state index in [0.29, 0.717) is 13.1 Å². The Balaban J connectivity index is 1.52. The summed E-state index contributed by atoms with van der Waals surface area (Å²) in [5.74, 6) is 0.206. The van der Waals surface area contributed by atoms with E-state index in [9.17, 15) is 18.0 Å². The number of urea groups is 1. The molecule has 8 heteroatoms. The van der Waals surface area contributed by atoms with Crippen LogP contribution in [0.4, 0.5) is 18.0 Å². The van der Waals surface area contributed by atoms with Crippen molar-refractivity contribution in [3.05, 3.63) is 18.0 Å². The highest BCUT2D eigenvalue weighted by atomic mass is 19.4. The number of nitrogens with zero attached hydrogens (tertiary/aromatic N) is 3. The van der Waals surface area contributed by atoms with Crippen molar-refractivity contribution in [3.63, 3.8) is 0 Å². The molecule has 1 aromatic rings. The van der Waals surface area contributed by atoms with Crippen LogP contribution >= 0.6 is 0 Å². The van der Waals surface area contributed by atoms with E-state index in [1.54, 1.807) is 15.8 Å². The SMILES string of the molecule is Cn1cc(C2CCN(C(=O)NCC3(C(F)(F)F)CC3)C2)cn1. The zero-order valence-corrected chi connectivity index (χ0v) is 12.4. The molecule has 1 atom stereocenters. The number of hydrogen-bond acceptors (Lipinski definition) is 2. The molecule has 2 heterocycles. The molecule has 1 N–H and O–H groups in total. The van der Waals surface area contributed by atoms with Gasteiger partial charge in [-0.1, -0.05) is 0 Å². The zero-order valence-electron chi connectivity index (χ0n) is 12.4. The molecular formula is C14H19F3N4O. The maximum absolute atomic E-state index is 12.8. The van der Waals surface area contributed by atoms with Gasteiger partial charge in [0, 0.05) is 38.8 Å². The first-order chi connectivity index (χ1) is 10.3. The van der Waals surface area contributed by atoms with Gasteiger partial charge in [0.2, 0.25) is 0 Å². The van der Waals surface area contributed by atoms with Crippen LogP contribution in [-0.2, 0) is 7.05 Å². The van der Waals surface area contributed by atoms with Gasteiger partial charge in [-0.2, -0.15) is 18.3 Å². The van der Waals surface area contributed by atoms with Gasteiger partial charge in [0.1, 0.15) is 0 Å². The van der Waals surface area contributed by atoms with E-state index < -0.39 is 17.6 Å². The van der Waals surface area contributed by atoms with Crippen LogP contribution in [0.25, 0.3) is 0 Å². The third kappa shape index (κ3) is 2.78. The Bertz CT molecular complexity index is 565. The van der Waals surface area contributed by atoms with Crippen molar-refractivity contribution >= 4 is 6.03 Å². The molecule has 2 aliphatic rings. The van der Waals surface area contributed by atoms with E-state index in [1.807, 2.05) is 13.2 Å². The van der Waals surface area contributed by atoms with Gasteiger partial charge in [-0.25, -0.2) is 4.79 Å². The van der Waals surface area contributed by atoms with E-state index in [4.69, 9.17) is 0 Å². The summed E-state index contributed by atoms with van der Waals surface area (Å²) >= 11 is 0. The van der Waals surface area contributed by atoms with Crippen molar-refractivity contribution in [2.75, 3.05) is 19.6 Å². The van der Waals surface area contributed by atoms with Crippen LogP contribution in [0.3, 0.4) is 0 Å². The highest BCUT2D eigenvalue weighted by Crippen LogP contribution is 2.57. The first-order valence-electron chi connectivity index (χ1n) is 7.39. The number of amides is 2. The lowest BCUT2D eigenvalue weighted by Crippen LogP contribution is -2.44. The van der Waals surface area contributed by atoms with Gasteiger partial charge in [-0.3, -0.25) is 4.68 Å². The minimum Gasteiger partial charge on any atom is -0.337 e. The predicted molar refractivity (Wildman–Crippen MR) is 73.3 cm³/mol. The Kier molecular flexibility index (Phi) is 3.57. The fourth-order valence-electron chi connectivity index (χ4n) is 2.94. The molecule has 0 bridgehead atoms. The van der Waals surface area contributed by atoms with Crippen LogP contribution in [0.2, 0.25) is 0 Å². The van der Waals surface area contributed by atoms with Gasteiger partial charge in [-0.15, -0.1) is 0 Å². The largest absolute Gasteiger partial charge is 0.396 e. The van der Waals surface area contributed by atoms with Crippen molar-refractivity contribution in [1.29, 1.82) is 0 Å². The highest BCUT2D eigenvalue weighted by molar-refractivity contribution is 5.74. The molecular weight excluding hydrogens is 297 g/mol. The standard InChI is InChI=1S/C14H19F3N4O/c1-20-7-11(6-19-20)10-2-5-21(8-10)12(22)18-9-13(3-4-13)14(15,16)17/h6-7,10H,2-5,8-9H2,1H3,(H,18,22). The lowest BCUT2D eigenvalue weighted by atomic mass is 10.0. The van der Waals surface area contributed by atoms with Crippen LogP contribution < -0.4 is 5.32 Å². The van der Waals surface area contributed by atoms with Crippen LogP contribution in [0, 0.1) is 5.41 Å². The van der Waals surface area contributed by atoms with Gasteiger partial charge in [-0.05, 0) is 24.8 Å². The van der Waals surface area contributed by atoms with E-state index in [1.165, 1.54) is 0 Å². The zero-order chi connectivity index (χ0) is 16.0. The lowest BCUT2D eigenvalue weighted by Gasteiger charge is -2.22. The fraction of sp³-hybridized carbons (Fsp3) is 0.714. The summed E-state index contributed by atoms with van der Waals surface area (Å²) < 4.78 is 40.2. The minimum absolute atomic E-state index is 0.106. The molecule has 122 valence electrons. The summed E-state index contributed by atoms with van der Waals surface area (Å²) in [6, 6.07) is -0.401. The van der Waals surface area contributed by atoms with Gasteiger partial charge in [0.25, 0.3) is 0 Å². The average Bonchev–Trinajstić information content (AvgIpc) is 2.89. The molecule has 1 saturated carbocycles. The van der Waals surface area contributed by atoms with Gasteiger partial charge >= 0.3 is 12.2 Å². The van der Waals surface area contributed by atoms with Crippen LogP contribution in [0.1, 0.15) is 30.7 Å². The predicted octanol–water partition coefficient (Wildman–Crippen LogP) is 2.26. The molecule has 2 amide bonds. The van der Waals surface area contributed by atoms with Crippen LogP contribution in [0.5, 0.6) is 0 Å². The Hall–Kier alpha value is -1.73. The Labute approximate surface area is 126 Å². The highest BCUT2D eigenvalue weighted by Gasteiger charge is 2.63. The fourth-order valence-corrected chi connectivity index (χ4v) is 2.94. The minimum atomic E-state index is -4.23. The molecule has 0 aromatic carbocycles. The second-order valence-corrected chi connectivity index (χ2v) is 6.32. The molecule has 22 heavy (non-hydrogen) atoms. The number of likely N-dealkylation sites (tertiary alicyclic amines) is 1. The van der Waals surface area contributed by atoms with Gasteiger partial charge < -0.3 is 10.2 Å². The summed E-state index contributed by atoms with van der Waals surface area (Å²) in [5, 5.41) is 6.56. The molecule has 1 aliphatic carbocycles. The number of aryl methyl sites for hydroxylation is 1. The Morgan fingerprint density at radius 3 is 2.77 bits per heavy atom. The van der Waals surface area contributed by atoms with Crippen molar-refractivity contribution in [1.82, 2.24) is 20.0 Å². The molecule has 1 saturated heterocycles. The molecule has 1 aromatic heterocycles. The molecule has 5 nitrogen and oxygen atoms in total. The molecule has 0 spiro atoms. The van der Waals surface area contributed by atoms with E-state index in [0.717, 1.165) is 12.0 Å². The van der Waals surface area contributed by atoms with E-state index in [2.05, 4.69) is 10.4 Å². The molecule has 1 aliphatic heterocycles. The van der Waals surface area contributed by atoms with Crippen molar-refractivity contribution in [2.24, 2.45) is 12.5 Å². The molecule has 0 radical (unpaired) electrons. The number of nitrogens with one attached hydrogen (secondary N) is 1. The monoisotopic (exact) mass is 316 g/mol. The average molecular weight is 316 g/mol. The van der Waals surface area contributed by atoms with Crippen LogP contribution in [0.15, 0.2) is 12.4 Å². The van der Waals surface area contributed by atoms with E-state index in [-0.39, 0.29) is 25.3 Å². The number of aromatic nitrogens is 2. The Morgan fingerprint density at radius 1 is 1.50 bits per heavy atom. The molecule has 2 fully saturated rings. The number of carbonyl (C=O) groups excluding carboxylic acids is 1. The van der Waals surface area contributed by atoms with Gasteiger partial charge in [0.15, 0.2) is 0 Å². The number of alkyl halides is 3. The van der Waals surface area contributed by atoms with Crippen molar-refractivity contribution in [3.8, 4) is 0 Å². The summed E-state index contributed by atoms with van der Waals surface area (Å²) in [4.78, 5) is 13.6. The second-order valence-electron chi connectivity index (χ2n) is 6.32. The smallest absolute Gasteiger partial charge is 0.337 e. The molecule has 3 rings (SSSR count). The second kappa shape index (κ2) is 5.17. The maximum atomic E-state index is 12.8. The number of carbonyl (C=O) groups is 1. The summed E-state index contributed by atoms with van der Waals surface area (Å²) in [5.41, 5.74) is -0.628. The topological polar surface area (TPSA) is 50.2 Å². The molecule has 1 unspecified atom stereocenters. The third-order valence-corrected chi connectivity index (χ3v) is 4.70. The number of rotatable bonds is 3. The summed E-state index contributed by atoms with van der Waals surface area (Å²) in [6.07, 6.45) is 0.473. The van der Waals surface area contributed by atoms with E-state index >= 15 is 0 Å². The first kappa shape index (κ1) is 15.2. The lowest BCUT2D eigenvalue weighted by molar-refractivity contribution is -0.184. The third-order valence-electron chi connectivity index (χ3n) is 4.70. The van der Waals surface area contributed by atoms with Gasteiger partial charge in [0.05, 0.1) is 11.6 Å². The van der Waals surface area contributed by atoms with Crippen molar-refractivity contribution < 1.29 is 18.0 Å². The number of hydrogen-bond donors (Lipinski definition) is 1. The summed E-state index contributed by atoms with van der Waals surface area (Å²) in [7, 11) is 1.83. The normalized spacial score (nSPS) is 23.6. The summed E-state index contributed by atoms with van der Waals surface area (Å²) in [6.45, 7) is 0.768. The van der Waals surface area contributed by atoms with Crippen LogP contribution in [-0.4, -0.2) is 46.5 Å². The maximum Gasteiger partial charge on any atom is 0.396 e. The first-order valence-corrected chi connectivity index (χ1v) is 7.39. The Morgan fingerprint density at radius 2 is 2.23 bits per heavy atom.